The summed E-state index contributed by atoms with van der Waals surface area (Å²) in [5.74, 6) is -0.673. The van der Waals surface area contributed by atoms with E-state index >= 15 is 0 Å². The first-order chi connectivity index (χ1) is 12.5. The quantitative estimate of drug-likeness (QED) is 0.450. The summed E-state index contributed by atoms with van der Waals surface area (Å²) in [4.78, 5) is 36.8. The van der Waals surface area contributed by atoms with Gasteiger partial charge >= 0.3 is 5.97 Å². The zero-order chi connectivity index (χ0) is 18.7. The van der Waals surface area contributed by atoms with E-state index in [1.54, 1.807) is 6.92 Å². The molecule has 3 rings (SSSR count). The topological polar surface area (TPSA) is 147 Å². The SMILES string of the molecule is COC(=O)c1cc2nnn(C(C)Cn3ncnn3)c(=O)c2cc1NC=O. The Labute approximate surface area is 145 Å². The van der Waals surface area contributed by atoms with E-state index < -0.39 is 17.6 Å². The van der Waals surface area contributed by atoms with Crippen LogP contribution in [0.15, 0.2) is 23.3 Å². The van der Waals surface area contributed by atoms with Crippen molar-refractivity contribution >= 4 is 29.0 Å². The van der Waals surface area contributed by atoms with Gasteiger partial charge in [-0.15, -0.1) is 15.3 Å². The summed E-state index contributed by atoms with van der Waals surface area (Å²) in [5, 5.41) is 21.7. The molecule has 3 aromatic rings. The number of carbonyl (C=O) groups is 2. The van der Waals surface area contributed by atoms with E-state index in [9.17, 15) is 14.4 Å². The average Bonchev–Trinajstić information content (AvgIpc) is 3.14. The van der Waals surface area contributed by atoms with Crippen molar-refractivity contribution in [3.63, 3.8) is 0 Å². The Hall–Kier alpha value is -3.70. The standard InChI is InChI=1S/C14H14N8O4/c1-8(5-21-17-6-16-19-21)22-13(24)9-3-11(15-7-23)10(14(25)26-2)4-12(9)18-20-22/h3-4,6-8H,5H2,1-2H3,(H,15,23). The normalized spacial score (nSPS) is 11.9. The molecule has 0 aliphatic heterocycles. The highest BCUT2D eigenvalue weighted by molar-refractivity contribution is 6.02. The smallest absolute Gasteiger partial charge is 0.340 e. The Kier molecular flexibility index (Phi) is 4.64. The van der Waals surface area contributed by atoms with Gasteiger partial charge in [0.05, 0.1) is 36.3 Å². The third kappa shape index (κ3) is 3.11. The van der Waals surface area contributed by atoms with Gasteiger partial charge in [-0.05, 0) is 24.3 Å². The first-order valence-electron chi connectivity index (χ1n) is 7.47. The van der Waals surface area contributed by atoms with Gasteiger partial charge in [-0.2, -0.15) is 4.80 Å². The minimum absolute atomic E-state index is 0.0680. The Bertz CT molecular complexity index is 1010. The number of aromatic nitrogens is 7. The van der Waals surface area contributed by atoms with Gasteiger partial charge in [-0.1, -0.05) is 5.21 Å². The van der Waals surface area contributed by atoms with Crippen LogP contribution in [0.3, 0.4) is 0 Å². The molecule has 1 amide bonds. The van der Waals surface area contributed by atoms with Crippen molar-refractivity contribution in [2.45, 2.75) is 19.5 Å². The molecular weight excluding hydrogens is 344 g/mol. The van der Waals surface area contributed by atoms with Crippen molar-refractivity contribution in [3.8, 4) is 0 Å². The summed E-state index contributed by atoms with van der Waals surface area (Å²) in [6.07, 6.45) is 1.69. The lowest BCUT2D eigenvalue weighted by Crippen LogP contribution is -2.30. The van der Waals surface area contributed by atoms with Gasteiger partial charge in [0.15, 0.2) is 6.33 Å². The molecule has 2 aromatic heterocycles. The molecule has 0 aliphatic carbocycles. The molecule has 0 spiro atoms. The fourth-order valence-corrected chi connectivity index (χ4v) is 2.44. The molecule has 1 aromatic carbocycles. The summed E-state index contributed by atoms with van der Waals surface area (Å²) in [7, 11) is 1.21. The maximum atomic E-state index is 12.8. The number of hydrogen-bond donors (Lipinski definition) is 1. The summed E-state index contributed by atoms with van der Waals surface area (Å²) < 4.78 is 5.85. The Morgan fingerprint density at radius 3 is 2.85 bits per heavy atom. The Balaban J connectivity index is 2.09. The number of methoxy groups -OCH3 is 1. The number of nitrogens with one attached hydrogen (secondary N) is 1. The molecule has 1 atom stereocenters. The maximum absolute atomic E-state index is 12.8. The molecule has 12 nitrogen and oxygen atoms in total. The third-order valence-electron chi connectivity index (χ3n) is 3.68. The molecule has 0 saturated heterocycles. The van der Waals surface area contributed by atoms with Crippen LogP contribution in [0.4, 0.5) is 5.69 Å². The highest BCUT2D eigenvalue weighted by atomic mass is 16.5. The van der Waals surface area contributed by atoms with Crippen LogP contribution in [0.1, 0.15) is 23.3 Å². The summed E-state index contributed by atoms with van der Waals surface area (Å²) in [5.41, 5.74) is -0.0258. The van der Waals surface area contributed by atoms with Crippen molar-refractivity contribution in [3.05, 3.63) is 34.4 Å². The van der Waals surface area contributed by atoms with Crippen LogP contribution in [0.25, 0.3) is 10.9 Å². The van der Waals surface area contributed by atoms with Gasteiger partial charge < -0.3 is 10.1 Å². The molecule has 134 valence electrons. The van der Waals surface area contributed by atoms with E-state index in [-0.39, 0.29) is 28.7 Å². The highest BCUT2D eigenvalue weighted by Gasteiger charge is 2.18. The van der Waals surface area contributed by atoms with E-state index in [0.717, 1.165) is 0 Å². The molecule has 26 heavy (non-hydrogen) atoms. The van der Waals surface area contributed by atoms with Crippen LogP contribution in [0.5, 0.6) is 0 Å². The lowest BCUT2D eigenvalue weighted by molar-refractivity contribution is -0.105. The maximum Gasteiger partial charge on any atom is 0.340 e. The van der Waals surface area contributed by atoms with Crippen molar-refractivity contribution in [2.24, 2.45) is 0 Å². The number of nitrogens with zero attached hydrogens (tertiary/aromatic N) is 7. The van der Waals surface area contributed by atoms with Crippen molar-refractivity contribution in [2.75, 3.05) is 12.4 Å². The number of hydrogen-bond acceptors (Lipinski definition) is 9. The minimum atomic E-state index is -0.673. The fraction of sp³-hybridized carbons (Fsp3) is 0.286. The van der Waals surface area contributed by atoms with E-state index in [4.69, 9.17) is 0 Å². The molecular formula is C14H14N8O4. The molecule has 0 radical (unpaired) electrons. The van der Waals surface area contributed by atoms with Gasteiger partial charge in [0.1, 0.15) is 5.52 Å². The summed E-state index contributed by atoms with van der Waals surface area (Å²) >= 11 is 0. The summed E-state index contributed by atoms with van der Waals surface area (Å²) in [6, 6.07) is 2.30. The van der Waals surface area contributed by atoms with Crippen LogP contribution in [0.2, 0.25) is 0 Å². The van der Waals surface area contributed by atoms with E-state index in [2.05, 4.69) is 35.8 Å². The highest BCUT2D eigenvalue weighted by Crippen LogP contribution is 2.21. The van der Waals surface area contributed by atoms with Crippen LogP contribution in [0, 0.1) is 0 Å². The fourth-order valence-electron chi connectivity index (χ4n) is 2.44. The Morgan fingerprint density at radius 1 is 1.38 bits per heavy atom. The number of amides is 1. The predicted octanol–water partition coefficient (Wildman–Crippen LogP) is -0.606. The lowest BCUT2D eigenvalue weighted by atomic mass is 10.1. The van der Waals surface area contributed by atoms with Crippen LogP contribution in [-0.2, 0) is 16.1 Å². The third-order valence-corrected chi connectivity index (χ3v) is 3.68. The number of anilines is 1. The Morgan fingerprint density at radius 2 is 2.19 bits per heavy atom. The molecule has 0 fully saturated rings. The monoisotopic (exact) mass is 358 g/mol. The molecule has 0 saturated carbocycles. The van der Waals surface area contributed by atoms with Gasteiger partial charge in [0.25, 0.3) is 5.56 Å². The number of ether oxygens (including phenoxy) is 1. The van der Waals surface area contributed by atoms with Gasteiger partial charge in [-0.3, -0.25) is 9.59 Å². The zero-order valence-electron chi connectivity index (χ0n) is 13.9. The number of esters is 1. The van der Waals surface area contributed by atoms with Crippen LogP contribution >= 0.6 is 0 Å². The van der Waals surface area contributed by atoms with E-state index in [1.165, 1.54) is 35.0 Å². The molecule has 0 bridgehead atoms. The van der Waals surface area contributed by atoms with E-state index in [0.29, 0.717) is 6.41 Å². The average molecular weight is 358 g/mol. The van der Waals surface area contributed by atoms with Crippen molar-refractivity contribution in [1.82, 2.24) is 35.2 Å². The van der Waals surface area contributed by atoms with Crippen LogP contribution < -0.4 is 10.9 Å². The lowest BCUT2D eigenvalue weighted by Gasteiger charge is -2.13. The first-order valence-corrected chi connectivity index (χ1v) is 7.47. The largest absolute Gasteiger partial charge is 0.465 e. The number of carbonyl (C=O) groups excluding carboxylic acids is 2. The van der Waals surface area contributed by atoms with Crippen LogP contribution in [-0.4, -0.2) is 54.7 Å². The molecule has 0 aliphatic rings. The molecule has 1 unspecified atom stereocenters. The number of fused-ring (bicyclic) bond motifs is 1. The van der Waals surface area contributed by atoms with Crippen molar-refractivity contribution < 1.29 is 14.3 Å². The summed E-state index contributed by atoms with van der Waals surface area (Å²) in [6.45, 7) is 2.01. The zero-order valence-corrected chi connectivity index (χ0v) is 13.9. The predicted molar refractivity (Wildman–Crippen MR) is 87.4 cm³/mol. The molecule has 2 heterocycles. The van der Waals surface area contributed by atoms with Crippen molar-refractivity contribution in [1.29, 1.82) is 0 Å². The number of rotatable bonds is 6. The van der Waals surface area contributed by atoms with Gasteiger partial charge in [-0.25, -0.2) is 9.48 Å². The minimum Gasteiger partial charge on any atom is -0.465 e. The number of benzene rings is 1. The van der Waals surface area contributed by atoms with Gasteiger partial charge in [0.2, 0.25) is 6.41 Å². The second kappa shape index (κ2) is 7.04. The molecule has 1 N–H and O–H groups in total. The second-order valence-corrected chi connectivity index (χ2v) is 5.35. The molecule has 12 heteroatoms. The van der Waals surface area contributed by atoms with Gasteiger partial charge in [0, 0.05) is 0 Å². The first kappa shape index (κ1) is 17.1. The van der Waals surface area contributed by atoms with E-state index in [1.807, 2.05) is 0 Å². The second-order valence-electron chi connectivity index (χ2n) is 5.35. The number of tetrazole rings is 1.